The lowest BCUT2D eigenvalue weighted by atomic mass is 10.1. The second-order valence-corrected chi connectivity index (χ2v) is 9.08. The fraction of sp³-hybridized carbons (Fsp3) is 0.214. The van der Waals surface area contributed by atoms with Crippen LogP contribution in [0.2, 0.25) is 0 Å². The van der Waals surface area contributed by atoms with Crippen molar-refractivity contribution in [2.24, 2.45) is 0 Å². The molecule has 38 heavy (non-hydrogen) atoms. The van der Waals surface area contributed by atoms with E-state index in [-0.39, 0.29) is 24.0 Å². The number of alkyl halides is 3. The van der Waals surface area contributed by atoms with Gasteiger partial charge < -0.3 is 9.30 Å². The van der Waals surface area contributed by atoms with Gasteiger partial charge in [0, 0.05) is 35.5 Å². The van der Waals surface area contributed by atoms with E-state index in [0.29, 0.717) is 33.7 Å². The highest BCUT2D eigenvalue weighted by Crippen LogP contribution is 2.33. The van der Waals surface area contributed by atoms with Crippen molar-refractivity contribution in [3.05, 3.63) is 94.7 Å². The number of hydrogen-bond donors (Lipinski definition) is 0. The van der Waals surface area contributed by atoms with Gasteiger partial charge in [-0.3, -0.25) is 9.36 Å². The Hall–Kier alpha value is -4.47. The Morgan fingerprint density at radius 1 is 0.974 bits per heavy atom. The lowest BCUT2D eigenvalue weighted by molar-refractivity contribution is -0.140. The smallest absolute Gasteiger partial charge is 0.434 e. The summed E-state index contributed by atoms with van der Waals surface area (Å²) in [4.78, 5) is 25.9. The molecule has 0 radical (unpaired) electrons. The number of rotatable bonds is 6. The summed E-state index contributed by atoms with van der Waals surface area (Å²) in [6.07, 6.45) is -1.84. The zero-order chi connectivity index (χ0) is 27.0. The number of aromatic nitrogens is 5. The van der Waals surface area contributed by atoms with Crippen molar-refractivity contribution in [2.45, 2.75) is 32.6 Å². The Labute approximate surface area is 216 Å². The van der Waals surface area contributed by atoms with Gasteiger partial charge in [0.1, 0.15) is 17.2 Å². The summed E-state index contributed by atoms with van der Waals surface area (Å²) in [5.41, 5.74) is 1.31. The number of fused-ring (bicyclic) bond motifs is 1. The van der Waals surface area contributed by atoms with Crippen LogP contribution in [0.3, 0.4) is 0 Å². The molecule has 194 valence electrons. The van der Waals surface area contributed by atoms with Crippen LogP contribution in [-0.4, -0.2) is 31.2 Å². The molecule has 7 nitrogen and oxygen atoms in total. The van der Waals surface area contributed by atoms with Crippen molar-refractivity contribution >= 4 is 11.0 Å². The molecule has 0 saturated heterocycles. The van der Waals surface area contributed by atoms with E-state index in [4.69, 9.17) is 4.74 Å². The number of para-hydroxylation sites is 1. The summed E-state index contributed by atoms with van der Waals surface area (Å²) in [5.74, 6) is 1.27. The average molecular weight is 520 g/mol. The summed E-state index contributed by atoms with van der Waals surface area (Å²) < 4.78 is 48.3. The van der Waals surface area contributed by atoms with Gasteiger partial charge in [-0.15, -0.1) is 0 Å². The van der Waals surface area contributed by atoms with Crippen LogP contribution in [0.1, 0.15) is 31.1 Å². The van der Waals surface area contributed by atoms with Crippen LogP contribution in [0.15, 0.2) is 77.9 Å². The Morgan fingerprint density at radius 2 is 1.71 bits per heavy atom. The molecule has 0 fully saturated rings. The maximum absolute atomic E-state index is 13.3. The van der Waals surface area contributed by atoms with Crippen molar-refractivity contribution in [2.75, 3.05) is 7.11 Å². The molecule has 0 saturated carbocycles. The number of imidazole rings is 1. The fourth-order valence-electron chi connectivity index (χ4n) is 4.26. The second kappa shape index (κ2) is 9.77. The monoisotopic (exact) mass is 519 g/mol. The fourth-order valence-corrected chi connectivity index (χ4v) is 4.26. The second-order valence-electron chi connectivity index (χ2n) is 9.08. The molecule has 0 aliphatic rings. The first-order valence-electron chi connectivity index (χ1n) is 11.9. The van der Waals surface area contributed by atoms with Gasteiger partial charge in [-0.1, -0.05) is 36.4 Å². The number of benzene rings is 2. The molecule has 3 aromatic heterocycles. The maximum atomic E-state index is 13.3. The average Bonchev–Trinajstić information content (AvgIpc) is 3.37. The van der Waals surface area contributed by atoms with Gasteiger partial charge in [0.2, 0.25) is 0 Å². The van der Waals surface area contributed by atoms with Crippen molar-refractivity contribution in [1.82, 2.24) is 24.1 Å². The van der Waals surface area contributed by atoms with Gasteiger partial charge in [0.15, 0.2) is 11.5 Å². The Morgan fingerprint density at radius 3 is 2.39 bits per heavy atom. The van der Waals surface area contributed by atoms with Gasteiger partial charge in [0.25, 0.3) is 5.56 Å². The van der Waals surface area contributed by atoms with Gasteiger partial charge in [-0.25, -0.2) is 15.0 Å². The van der Waals surface area contributed by atoms with Crippen molar-refractivity contribution in [1.29, 1.82) is 0 Å². The van der Waals surface area contributed by atoms with Gasteiger partial charge in [-0.2, -0.15) is 13.2 Å². The Bertz CT molecular complexity index is 1670. The van der Waals surface area contributed by atoms with E-state index in [1.165, 1.54) is 10.6 Å². The van der Waals surface area contributed by atoms with Crippen LogP contribution >= 0.6 is 0 Å². The quantitative estimate of drug-likeness (QED) is 0.276. The van der Waals surface area contributed by atoms with E-state index in [1.54, 1.807) is 62.1 Å². The van der Waals surface area contributed by atoms with E-state index in [2.05, 4.69) is 15.0 Å². The molecule has 0 atom stereocenters. The van der Waals surface area contributed by atoms with Crippen molar-refractivity contribution in [3.8, 4) is 28.5 Å². The van der Waals surface area contributed by atoms with Crippen LogP contribution < -0.4 is 10.3 Å². The largest absolute Gasteiger partial charge is 0.496 e. The minimum atomic E-state index is -4.53. The zero-order valence-electron chi connectivity index (χ0n) is 20.9. The Kier molecular flexibility index (Phi) is 6.48. The topological polar surface area (TPSA) is 74.8 Å². The van der Waals surface area contributed by atoms with Gasteiger partial charge >= 0.3 is 6.18 Å². The molecule has 0 N–H and O–H groups in total. The number of methoxy groups -OCH3 is 1. The number of pyridine rings is 1. The van der Waals surface area contributed by atoms with Gasteiger partial charge in [-0.05, 0) is 37.6 Å². The summed E-state index contributed by atoms with van der Waals surface area (Å²) >= 11 is 0. The first kappa shape index (κ1) is 25.2. The van der Waals surface area contributed by atoms with E-state index in [1.807, 2.05) is 24.3 Å². The maximum Gasteiger partial charge on any atom is 0.434 e. The number of hydrogen-bond acceptors (Lipinski definition) is 5. The summed E-state index contributed by atoms with van der Waals surface area (Å²) in [6.45, 7) is 3.81. The van der Waals surface area contributed by atoms with Crippen molar-refractivity contribution < 1.29 is 17.9 Å². The van der Waals surface area contributed by atoms with Gasteiger partial charge in [0.05, 0.1) is 19.2 Å². The van der Waals surface area contributed by atoms with Crippen LogP contribution in [0.5, 0.6) is 5.75 Å². The molecule has 0 unspecified atom stereocenters. The molecular formula is C28H24F3N5O2. The highest BCUT2D eigenvalue weighted by atomic mass is 19.4. The predicted octanol–water partition coefficient (Wildman–Crippen LogP) is 5.98. The summed E-state index contributed by atoms with van der Waals surface area (Å²) in [6, 6.07) is 17.2. The van der Waals surface area contributed by atoms with E-state index in [0.717, 1.165) is 11.8 Å². The van der Waals surface area contributed by atoms with Crippen LogP contribution in [0, 0.1) is 0 Å². The molecule has 2 aromatic carbocycles. The molecule has 0 bridgehead atoms. The normalized spacial score (nSPS) is 11.9. The van der Waals surface area contributed by atoms with E-state index < -0.39 is 11.9 Å². The number of nitrogens with zero attached hydrogens (tertiary/aromatic N) is 5. The van der Waals surface area contributed by atoms with E-state index >= 15 is 0 Å². The van der Waals surface area contributed by atoms with Crippen LogP contribution in [-0.2, 0) is 12.7 Å². The number of halogens is 3. The number of ether oxygens (including phenoxy) is 1. The molecular weight excluding hydrogens is 495 g/mol. The molecule has 5 aromatic rings. The minimum absolute atomic E-state index is 0.209. The van der Waals surface area contributed by atoms with Crippen molar-refractivity contribution in [3.63, 3.8) is 0 Å². The molecule has 0 spiro atoms. The first-order chi connectivity index (χ1) is 18.2. The summed E-state index contributed by atoms with van der Waals surface area (Å²) in [5, 5.41) is 0.693. The molecule has 0 amide bonds. The van der Waals surface area contributed by atoms with Crippen LogP contribution in [0.25, 0.3) is 33.8 Å². The standard InChI is InChI=1S/C28H24F3N5O2/c1-17(2)35-16-23(28(29,30)31)33-26(35)19-10-8-18(9-11-19)15-36-24(37)13-12-20-14-32-25(34-27(20)36)21-6-4-5-7-22(21)38-3/h4-14,16-17H,15H2,1-3H3. The van der Waals surface area contributed by atoms with E-state index in [9.17, 15) is 18.0 Å². The Balaban J connectivity index is 1.52. The third-order valence-corrected chi connectivity index (χ3v) is 6.20. The first-order valence-corrected chi connectivity index (χ1v) is 11.9. The highest BCUT2D eigenvalue weighted by molar-refractivity contribution is 5.77. The SMILES string of the molecule is COc1ccccc1-c1ncc2ccc(=O)n(Cc3ccc(-c4nc(C(F)(F)F)cn4C(C)C)cc3)c2n1. The third-order valence-electron chi connectivity index (χ3n) is 6.20. The predicted molar refractivity (Wildman–Crippen MR) is 138 cm³/mol. The molecule has 0 aliphatic carbocycles. The third kappa shape index (κ3) is 4.77. The minimum Gasteiger partial charge on any atom is -0.496 e. The molecule has 5 rings (SSSR count). The molecule has 10 heteroatoms. The molecule has 0 aliphatic heterocycles. The highest BCUT2D eigenvalue weighted by Gasteiger charge is 2.35. The molecule has 3 heterocycles. The lowest BCUT2D eigenvalue weighted by Crippen LogP contribution is -2.21. The van der Waals surface area contributed by atoms with Crippen LogP contribution in [0.4, 0.5) is 13.2 Å². The summed E-state index contributed by atoms with van der Waals surface area (Å²) in [7, 11) is 1.57. The zero-order valence-corrected chi connectivity index (χ0v) is 20.9. The lowest BCUT2D eigenvalue weighted by Gasteiger charge is -2.13.